The smallest absolute Gasteiger partial charge is 0.157 e. The summed E-state index contributed by atoms with van der Waals surface area (Å²) in [5.74, 6) is 2.05. The van der Waals surface area contributed by atoms with E-state index in [9.17, 15) is 0 Å². The lowest BCUT2D eigenvalue weighted by molar-refractivity contribution is 0.233. The van der Waals surface area contributed by atoms with Gasteiger partial charge in [-0.1, -0.05) is 13.8 Å². The van der Waals surface area contributed by atoms with E-state index in [0.717, 1.165) is 28.6 Å². The average molecular weight is 325 g/mol. The summed E-state index contributed by atoms with van der Waals surface area (Å²) in [4.78, 5) is 8.73. The highest BCUT2D eigenvalue weighted by Crippen LogP contribution is 2.20. The van der Waals surface area contributed by atoms with Crippen LogP contribution in [0, 0.1) is 6.92 Å². The van der Waals surface area contributed by atoms with E-state index in [1.54, 1.807) is 12.4 Å². The highest BCUT2D eigenvalue weighted by atomic mass is 16.5. The van der Waals surface area contributed by atoms with Crippen molar-refractivity contribution in [2.45, 2.75) is 39.7 Å². The molecule has 0 radical (unpaired) electrons. The maximum absolute atomic E-state index is 5.86. The third-order valence-electron chi connectivity index (χ3n) is 3.70. The van der Waals surface area contributed by atoms with Crippen LogP contribution < -0.4 is 10.1 Å². The molecular weight excluding hydrogens is 302 g/mol. The summed E-state index contributed by atoms with van der Waals surface area (Å²) < 4.78 is 7.71. The monoisotopic (exact) mass is 325 g/mol. The number of aromatic nitrogens is 4. The fourth-order valence-electron chi connectivity index (χ4n) is 2.47. The lowest BCUT2D eigenvalue weighted by Crippen LogP contribution is -2.24. The van der Waals surface area contributed by atoms with Gasteiger partial charge in [-0.15, -0.1) is 0 Å². The van der Waals surface area contributed by atoms with Crippen LogP contribution in [0.25, 0.3) is 5.65 Å². The van der Waals surface area contributed by atoms with Gasteiger partial charge >= 0.3 is 0 Å². The van der Waals surface area contributed by atoms with E-state index in [4.69, 9.17) is 4.74 Å². The fraction of sp³-hybridized carbons (Fsp3) is 0.389. The predicted molar refractivity (Wildman–Crippen MR) is 94.6 cm³/mol. The Labute approximate surface area is 141 Å². The zero-order valence-electron chi connectivity index (χ0n) is 14.5. The van der Waals surface area contributed by atoms with Gasteiger partial charge in [-0.25, -0.2) is 4.98 Å². The lowest BCUT2D eigenvalue weighted by Gasteiger charge is -2.17. The summed E-state index contributed by atoms with van der Waals surface area (Å²) in [7, 11) is 0. The second-order valence-electron chi connectivity index (χ2n) is 6.27. The number of rotatable bonds is 6. The van der Waals surface area contributed by atoms with E-state index in [2.05, 4.69) is 40.3 Å². The van der Waals surface area contributed by atoms with Gasteiger partial charge in [-0.05, 0) is 31.9 Å². The highest BCUT2D eigenvalue weighted by Gasteiger charge is 2.12. The van der Waals surface area contributed by atoms with Gasteiger partial charge in [0.25, 0.3) is 0 Å². The van der Waals surface area contributed by atoms with Crippen LogP contribution in [0.3, 0.4) is 0 Å². The first-order valence-electron chi connectivity index (χ1n) is 8.21. The van der Waals surface area contributed by atoms with Crippen molar-refractivity contribution >= 4 is 11.5 Å². The van der Waals surface area contributed by atoms with E-state index < -0.39 is 0 Å². The maximum atomic E-state index is 5.86. The molecular formula is C18H23N5O. The first-order chi connectivity index (χ1) is 11.5. The number of ether oxygens (including phenoxy) is 1. The SMILES string of the molecule is Cc1cc2nc(C(C)C)cc(NC[C@H](C)Oc3cccnc3)n2n1. The van der Waals surface area contributed by atoms with Gasteiger partial charge in [0.2, 0.25) is 0 Å². The highest BCUT2D eigenvalue weighted by molar-refractivity contribution is 5.51. The summed E-state index contributed by atoms with van der Waals surface area (Å²) in [6.45, 7) is 8.93. The Morgan fingerprint density at radius 1 is 1.25 bits per heavy atom. The molecule has 0 spiro atoms. The second-order valence-corrected chi connectivity index (χ2v) is 6.27. The molecule has 3 heterocycles. The molecule has 0 amide bonds. The fourth-order valence-corrected chi connectivity index (χ4v) is 2.47. The minimum absolute atomic E-state index is 0.00317. The molecule has 3 aromatic rings. The van der Waals surface area contributed by atoms with Crippen LogP contribution in [0.1, 0.15) is 38.1 Å². The standard InChI is InChI=1S/C18H23N5O/c1-12(2)16-9-17(23-18(21-16)8-13(3)22-23)20-10-14(4)24-15-6-5-7-19-11-15/h5-9,11-12,14,20H,10H2,1-4H3/t14-/m0/s1. The molecule has 126 valence electrons. The number of nitrogens with one attached hydrogen (secondary N) is 1. The van der Waals surface area contributed by atoms with E-state index in [1.807, 2.05) is 36.6 Å². The zero-order chi connectivity index (χ0) is 17.1. The molecule has 1 atom stereocenters. The van der Waals surface area contributed by atoms with Crippen LogP contribution >= 0.6 is 0 Å². The Hall–Kier alpha value is -2.63. The van der Waals surface area contributed by atoms with Gasteiger partial charge in [0.05, 0.1) is 18.4 Å². The Morgan fingerprint density at radius 3 is 2.79 bits per heavy atom. The summed E-state index contributed by atoms with van der Waals surface area (Å²) >= 11 is 0. The number of anilines is 1. The van der Waals surface area contributed by atoms with Gasteiger partial charge < -0.3 is 10.1 Å². The van der Waals surface area contributed by atoms with Crippen LogP contribution in [0.2, 0.25) is 0 Å². The predicted octanol–water partition coefficient (Wildman–Crippen LogP) is 3.44. The average Bonchev–Trinajstić information content (AvgIpc) is 2.93. The molecule has 3 aromatic heterocycles. The molecule has 0 aliphatic rings. The quantitative estimate of drug-likeness (QED) is 0.752. The number of pyridine rings is 1. The number of hydrogen-bond acceptors (Lipinski definition) is 5. The van der Waals surface area contributed by atoms with Crippen LogP contribution in [0.5, 0.6) is 5.75 Å². The van der Waals surface area contributed by atoms with E-state index >= 15 is 0 Å². The topological polar surface area (TPSA) is 64.3 Å². The van der Waals surface area contributed by atoms with Gasteiger partial charge in [0.1, 0.15) is 17.7 Å². The minimum Gasteiger partial charge on any atom is -0.487 e. The van der Waals surface area contributed by atoms with E-state index in [0.29, 0.717) is 12.5 Å². The summed E-state index contributed by atoms with van der Waals surface area (Å²) in [6, 6.07) is 7.82. The molecule has 3 rings (SSSR count). The van der Waals surface area contributed by atoms with Crippen molar-refractivity contribution < 1.29 is 4.74 Å². The van der Waals surface area contributed by atoms with E-state index in [1.165, 1.54) is 0 Å². The van der Waals surface area contributed by atoms with Gasteiger partial charge in [0.15, 0.2) is 5.65 Å². The third-order valence-corrected chi connectivity index (χ3v) is 3.70. The minimum atomic E-state index is -0.00317. The van der Waals surface area contributed by atoms with E-state index in [-0.39, 0.29) is 6.10 Å². The number of aryl methyl sites for hydroxylation is 1. The molecule has 6 nitrogen and oxygen atoms in total. The Balaban J connectivity index is 1.76. The maximum Gasteiger partial charge on any atom is 0.157 e. The molecule has 6 heteroatoms. The number of nitrogens with zero attached hydrogens (tertiary/aromatic N) is 4. The molecule has 1 N–H and O–H groups in total. The molecule has 0 fully saturated rings. The molecule has 24 heavy (non-hydrogen) atoms. The second kappa shape index (κ2) is 6.86. The zero-order valence-corrected chi connectivity index (χ0v) is 14.5. The van der Waals surface area contributed by atoms with Crippen LogP contribution in [-0.2, 0) is 0 Å². The first-order valence-corrected chi connectivity index (χ1v) is 8.21. The number of fused-ring (bicyclic) bond motifs is 1. The Morgan fingerprint density at radius 2 is 2.08 bits per heavy atom. The molecule has 0 saturated carbocycles. The van der Waals surface area contributed by atoms with Crippen LogP contribution in [0.15, 0.2) is 36.7 Å². The lowest BCUT2D eigenvalue weighted by atomic mass is 10.1. The molecule has 0 aliphatic heterocycles. The Bertz CT molecular complexity index is 813. The van der Waals surface area contributed by atoms with Crippen molar-refractivity contribution in [3.63, 3.8) is 0 Å². The van der Waals surface area contributed by atoms with Crippen molar-refractivity contribution in [3.05, 3.63) is 48.0 Å². The van der Waals surface area contributed by atoms with Gasteiger partial charge in [-0.2, -0.15) is 9.61 Å². The first kappa shape index (κ1) is 16.2. The van der Waals surface area contributed by atoms with Crippen molar-refractivity contribution in [3.8, 4) is 5.75 Å². The summed E-state index contributed by atoms with van der Waals surface area (Å²) in [5, 5.41) is 7.95. The summed E-state index contributed by atoms with van der Waals surface area (Å²) in [6.07, 6.45) is 3.45. The largest absolute Gasteiger partial charge is 0.487 e. The van der Waals surface area contributed by atoms with Crippen molar-refractivity contribution in [2.75, 3.05) is 11.9 Å². The molecule has 0 saturated heterocycles. The summed E-state index contributed by atoms with van der Waals surface area (Å²) in [5.41, 5.74) is 2.86. The molecule has 0 aliphatic carbocycles. The van der Waals surface area contributed by atoms with Crippen LogP contribution in [0.4, 0.5) is 5.82 Å². The third kappa shape index (κ3) is 3.64. The van der Waals surface area contributed by atoms with Crippen molar-refractivity contribution in [2.24, 2.45) is 0 Å². The van der Waals surface area contributed by atoms with Gasteiger partial charge in [-0.3, -0.25) is 4.98 Å². The van der Waals surface area contributed by atoms with Gasteiger partial charge in [0, 0.05) is 24.0 Å². The van der Waals surface area contributed by atoms with Crippen LogP contribution in [-0.4, -0.2) is 32.2 Å². The van der Waals surface area contributed by atoms with Crippen molar-refractivity contribution in [1.29, 1.82) is 0 Å². The molecule has 0 unspecified atom stereocenters. The van der Waals surface area contributed by atoms with Crippen molar-refractivity contribution in [1.82, 2.24) is 19.6 Å². The normalized spacial score (nSPS) is 12.5. The Kier molecular flexibility index (Phi) is 4.64. The molecule has 0 bridgehead atoms. The number of hydrogen-bond donors (Lipinski definition) is 1. The molecule has 0 aromatic carbocycles.